The standard InChI is InChI=1S/C29H22N2O2/c1-3-33-29(32)24-16-26-27(30-17(24)2)22-10-6-7-11-23(22)28(26)31-20-13-12-19-14-18-8-4-5-9-21(18)25(19)15-20/h4-13,15-16H,3,14H2,1-2H3. The van der Waals surface area contributed by atoms with Crippen LogP contribution in [0, 0.1) is 6.92 Å². The van der Waals surface area contributed by atoms with E-state index in [1.807, 2.05) is 32.0 Å². The first-order valence-electron chi connectivity index (χ1n) is 11.2. The number of fused-ring (bicyclic) bond motifs is 6. The lowest BCUT2D eigenvalue weighted by Crippen LogP contribution is -2.10. The van der Waals surface area contributed by atoms with E-state index >= 15 is 0 Å². The lowest BCUT2D eigenvalue weighted by molar-refractivity contribution is 0.0525. The third-order valence-electron chi connectivity index (χ3n) is 6.42. The molecule has 0 spiro atoms. The number of benzene rings is 3. The van der Waals surface area contributed by atoms with Crippen LogP contribution in [0.25, 0.3) is 22.4 Å². The summed E-state index contributed by atoms with van der Waals surface area (Å²) < 4.78 is 5.26. The summed E-state index contributed by atoms with van der Waals surface area (Å²) in [6.45, 7) is 3.98. The van der Waals surface area contributed by atoms with Gasteiger partial charge in [0.2, 0.25) is 0 Å². The zero-order chi connectivity index (χ0) is 22.5. The number of ether oxygens (including phenoxy) is 1. The van der Waals surface area contributed by atoms with E-state index in [0.717, 1.165) is 40.2 Å². The Labute approximate surface area is 192 Å². The highest BCUT2D eigenvalue weighted by Gasteiger charge is 2.29. The highest BCUT2D eigenvalue weighted by Crippen LogP contribution is 2.41. The molecule has 160 valence electrons. The summed E-state index contributed by atoms with van der Waals surface area (Å²) in [6, 6.07) is 25.0. The van der Waals surface area contributed by atoms with Crippen LogP contribution in [-0.4, -0.2) is 23.3 Å². The van der Waals surface area contributed by atoms with Crippen molar-refractivity contribution in [2.45, 2.75) is 20.3 Å². The molecule has 4 heteroatoms. The van der Waals surface area contributed by atoms with Crippen LogP contribution in [0.3, 0.4) is 0 Å². The van der Waals surface area contributed by atoms with Crippen molar-refractivity contribution in [3.8, 4) is 22.4 Å². The Hall–Kier alpha value is -4.05. The number of aromatic nitrogens is 1. The van der Waals surface area contributed by atoms with Crippen molar-refractivity contribution in [2.24, 2.45) is 4.99 Å². The second-order valence-electron chi connectivity index (χ2n) is 8.42. The maximum absolute atomic E-state index is 12.5. The van der Waals surface area contributed by atoms with Gasteiger partial charge in [0.05, 0.1) is 35.0 Å². The third kappa shape index (κ3) is 3.10. The average Bonchev–Trinajstić information content (AvgIpc) is 3.34. The van der Waals surface area contributed by atoms with E-state index in [1.54, 1.807) is 0 Å². The Morgan fingerprint density at radius 3 is 2.42 bits per heavy atom. The molecule has 0 N–H and O–H groups in total. The number of hydrogen-bond acceptors (Lipinski definition) is 4. The molecule has 3 aromatic carbocycles. The molecule has 0 aliphatic heterocycles. The maximum Gasteiger partial charge on any atom is 0.339 e. The second-order valence-corrected chi connectivity index (χ2v) is 8.42. The van der Waals surface area contributed by atoms with Gasteiger partial charge in [0, 0.05) is 16.7 Å². The molecule has 0 unspecified atom stereocenters. The molecule has 1 heterocycles. The number of nitrogens with zero attached hydrogens (tertiary/aromatic N) is 2. The SMILES string of the molecule is CCOC(=O)c1cc2c(nc1C)-c1ccccc1C2=Nc1ccc2c(c1)-c1ccccc1C2. The Morgan fingerprint density at radius 1 is 0.879 bits per heavy atom. The van der Waals surface area contributed by atoms with E-state index in [0.29, 0.717) is 17.9 Å². The highest BCUT2D eigenvalue weighted by molar-refractivity contribution is 6.25. The molecule has 2 aliphatic carbocycles. The summed E-state index contributed by atoms with van der Waals surface area (Å²) in [5.41, 5.74) is 11.9. The van der Waals surface area contributed by atoms with Gasteiger partial charge in [-0.3, -0.25) is 4.98 Å². The van der Waals surface area contributed by atoms with Crippen LogP contribution in [0.1, 0.15) is 45.2 Å². The predicted molar refractivity (Wildman–Crippen MR) is 130 cm³/mol. The van der Waals surface area contributed by atoms with Crippen molar-refractivity contribution in [1.82, 2.24) is 4.98 Å². The van der Waals surface area contributed by atoms with Gasteiger partial charge >= 0.3 is 5.97 Å². The van der Waals surface area contributed by atoms with E-state index in [1.165, 1.54) is 22.3 Å². The molecule has 4 nitrogen and oxygen atoms in total. The van der Waals surface area contributed by atoms with Gasteiger partial charge in [0.1, 0.15) is 0 Å². The fourth-order valence-corrected chi connectivity index (χ4v) is 4.88. The van der Waals surface area contributed by atoms with Gasteiger partial charge in [-0.05, 0) is 60.7 Å². The summed E-state index contributed by atoms with van der Waals surface area (Å²) in [7, 11) is 0. The highest BCUT2D eigenvalue weighted by atomic mass is 16.5. The van der Waals surface area contributed by atoms with Gasteiger partial charge in [0.25, 0.3) is 0 Å². The van der Waals surface area contributed by atoms with Crippen molar-refractivity contribution in [3.63, 3.8) is 0 Å². The largest absolute Gasteiger partial charge is 0.462 e. The first kappa shape index (κ1) is 19.6. The third-order valence-corrected chi connectivity index (χ3v) is 6.42. The van der Waals surface area contributed by atoms with Crippen molar-refractivity contribution < 1.29 is 9.53 Å². The quantitative estimate of drug-likeness (QED) is 0.310. The molecule has 0 saturated carbocycles. The molecular weight excluding hydrogens is 408 g/mol. The van der Waals surface area contributed by atoms with Crippen LogP contribution < -0.4 is 0 Å². The molecule has 0 bridgehead atoms. The lowest BCUT2D eigenvalue weighted by Gasteiger charge is -2.09. The molecule has 0 atom stereocenters. The number of pyridine rings is 1. The number of aliphatic imine (C=N–C) groups is 1. The molecule has 33 heavy (non-hydrogen) atoms. The van der Waals surface area contributed by atoms with E-state index < -0.39 is 0 Å². The number of carbonyl (C=O) groups is 1. The topological polar surface area (TPSA) is 51.5 Å². The van der Waals surface area contributed by atoms with Crippen molar-refractivity contribution >= 4 is 17.4 Å². The maximum atomic E-state index is 12.5. The molecule has 2 aliphatic rings. The van der Waals surface area contributed by atoms with Crippen LogP contribution in [0.5, 0.6) is 0 Å². The number of rotatable bonds is 3. The minimum atomic E-state index is -0.352. The van der Waals surface area contributed by atoms with Crippen molar-refractivity contribution in [2.75, 3.05) is 6.61 Å². The number of hydrogen-bond donors (Lipinski definition) is 0. The van der Waals surface area contributed by atoms with Crippen LogP contribution in [0.2, 0.25) is 0 Å². The molecule has 4 aromatic rings. The van der Waals surface area contributed by atoms with E-state index in [4.69, 9.17) is 14.7 Å². The summed E-state index contributed by atoms with van der Waals surface area (Å²) in [6.07, 6.45) is 0.958. The fourth-order valence-electron chi connectivity index (χ4n) is 4.88. The Kier molecular flexibility index (Phi) is 4.47. The zero-order valence-electron chi connectivity index (χ0n) is 18.6. The van der Waals surface area contributed by atoms with Crippen LogP contribution >= 0.6 is 0 Å². The smallest absolute Gasteiger partial charge is 0.339 e. The van der Waals surface area contributed by atoms with E-state index in [9.17, 15) is 4.79 Å². The van der Waals surface area contributed by atoms with Crippen LogP contribution in [0.15, 0.2) is 77.8 Å². The van der Waals surface area contributed by atoms with Gasteiger partial charge in [-0.1, -0.05) is 54.6 Å². The first-order chi connectivity index (χ1) is 16.1. The molecular formula is C29H22N2O2. The van der Waals surface area contributed by atoms with Crippen LogP contribution in [-0.2, 0) is 11.2 Å². The molecule has 0 fully saturated rings. The zero-order valence-corrected chi connectivity index (χ0v) is 18.6. The van der Waals surface area contributed by atoms with Gasteiger partial charge < -0.3 is 4.74 Å². The molecule has 1 aromatic heterocycles. The predicted octanol–water partition coefficient (Wildman–Crippen LogP) is 6.29. The van der Waals surface area contributed by atoms with Gasteiger partial charge in [-0.25, -0.2) is 9.79 Å². The number of esters is 1. The summed E-state index contributed by atoms with van der Waals surface area (Å²) in [5, 5.41) is 0. The summed E-state index contributed by atoms with van der Waals surface area (Å²) in [4.78, 5) is 22.4. The molecule has 0 amide bonds. The number of carbonyl (C=O) groups excluding carboxylic acids is 1. The average molecular weight is 431 g/mol. The molecule has 0 saturated heterocycles. The molecule has 6 rings (SSSR count). The fraction of sp³-hybridized carbons (Fsp3) is 0.138. The Morgan fingerprint density at radius 2 is 1.61 bits per heavy atom. The second kappa shape index (κ2) is 7.52. The van der Waals surface area contributed by atoms with E-state index in [-0.39, 0.29) is 5.97 Å². The van der Waals surface area contributed by atoms with Crippen molar-refractivity contribution in [3.05, 3.63) is 106 Å². The van der Waals surface area contributed by atoms with Crippen LogP contribution in [0.4, 0.5) is 5.69 Å². The first-order valence-corrected chi connectivity index (χ1v) is 11.2. The van der Waals surface area contributed by atoms with Crippen molar-refractivity contribution in [1.29, 1.82) is 0 Å². The Bertz CT molecular complexity index is 1480. The van der Waals surface area contributed by atoms with E-state index in [2.05, 4.69) is 54.6 Å². The monoisotopic (exact) mass is 430 g/mol. The molecule has 0 radical (unpaired) electrons. The van der Waals surface area contributed by atoms with Gasteiger partial charge in [-0.15, -0.1) is 0 Å². The summed E-state index contributed by atoms with van der Waals surface area (Å²) >= 11 is 0. The summed E-state index contributed by atoms with van der Waals surface area (Å²) in [5.74, 6) is -0.352. The lowest BCUT2D eigenvalue weighted by atomic mass is 10.0. The van der Waals surface area contributed by atoms with Gasteiger partial charge in [0.15, 0.2) is 0 Å². The Balaban J connectivity index is 1.52. The number of aryl methyl sites for hydroxylation is 1. The minimum absolute atomic E-state index is 0.327. The normalized spacial score (nSPS) is 13.9. The minimum Gasteiger partial charge on any atom is -0.462 e. The van der Waals surface area contributed by atoms with Gasteiger partial charge in [-0.2, -0.15) is 0 Å².